The molecule has 0 fully saturated rings. The number of hydrogen-bond acceptors (Lipinski definition) is 3. The minimum atomic E-state index is -0.535. The summed E-state index contributed by atoms with van der Waals surface area (Å²) >= 11 is 11.6. The zero-order valence-corrected chi connectivity index (χ0v) is 11.6. The molecule has 5 nitrogen and oxygen atoms in total. The minimum Gasteiger partial charge on any atom is -0.366 e. The molecule has 20 heavy (non-hydrogen) atoms. The maximum Gasteiger partial charge on any atom is 0.257 e. The van der Waals surface area contributed by atoms with Crippen LogP contribution in [0.25, 0.3) is 0 Å². The third-order valence-corrected chi connectivity index (χ3v) is 3.00. The normalized spacial score (nSPS) is 10.1. The van der Waals surface area contributed by atoms with Crippen molar-refractivity contribution in [1.82, 2.24) is 4.98 Å². The number of rotatable bonds is 3. The average Bonchev–Trinajstić information content (AvgIpc) is 2.42. The number of halogens is 2. The van der Waals surface area contributed by atoms with E-state index in [9.17, 15) is 9.59 Å². The third kappa shape index (κ3) is 3.26. The van der Waals surface area contributed by atoms with Crippen LogP contribution in [0.3, 0.4) is 0 Å². The lowest BCUT2D eigenvalue weighted by Crippen LogP contribution is -2.14. The van der Waals surface area contributed by atoms with Gasteiger partial charge in [-0.1, -0.05) is 23.2 Å². The lowest BCUT2D eigenvalue weighted by atomic mass is 10.2. The van der Waals surface area contributed by atoms with E-state index in [4.69, 9.17) is 28.9 Å². The SMILES string of the molecule is NC(=O)c1ccc(NC(=O)c2cc(Cl)ncc2Cl)cc1. The van der Waals surface area contributed by atoms with Crippen LogP contribution in [-0.2, 0) is 0 Å². The highest BCUT2D eigenvalue weighted by molar-refractivity contribution is 6.35. The van der Waals surface area contributed by atoms with Gasteiger partial charge in [-0.2, -0.15) is 0 Å². The van der Waals surface area contributed by atoms with Crippen molar-refractivity contribution >= 4 is 40.7 Å². The standard InChI is InChI=1S/C13H9Cl2N3O2/c14-10-6-17-11(15)5-9(10)13(20)18-8-3-1-7(2-4-8)12(16)19/h1-6H,(H2,16,19)(H,18,20). The molecule has 1 heterocycles. The number of benzene rings is 1. The first-order valence-corrected chi connectivity index (χ1v) is 6.25. The highest BCUT2D eigenvalue weighted by Crippen LogP contribution is 2.20. The number of amides is 2. The summed E-state index contributed by atoms with van der Waals surface area (Å²) in [7, 11) is 0. The third-order valence-electron chi connectivity index (χ3n) is 2.49. The lowest BCUT2D eigenvalue weighted by molar-refractivity contribution is 0.0998. The topological polar surface area (TPSA) is 85.1 Å². The average molecular weight is 310 g/mol. The number of aromatic nitrogens is 1. The van der Waals surface area contributed by atoms with Crippen molar-refractivity contribution in [2.24, 2.45) is 5.73 Å². The summed E-state index contributed by atoms with van der Waals surface area (Å²) in [6.07, 6.45) is 1.30. The Balaban J connectivity index is 2.19. The number of nitrogens with zero attached hydrogens (tertiary/aromatic N) is 1. The first-order chi connectivity index (χ1) is 9.47. The summed E-state index contributed by atoms with van der Waals surface area (Å²) in [5.74, 6) is -0.960. The molecule has 3 N–H and O–H groups in total. The van der Waals surface area contributed by atoms with E-state index < -0.39 is 11.8 Å². The summed E-state index contributed by atoms with van der Waals surface area (Å²) in [6, 6.07) is 7.53. The predicted octanol–water partition coefficient (Wildman–Crippen LogP) is 2.74. The zero-order chi connectivity index (χ0) is 14.7. The molecule has 0 saturated heterocycles. The second-order valence-corrected chi connectivity index (χ2v) is 4.68. The van der Waals surface area contributed by atoms with Crippen molar-refractivity contribution in [2.75, 3.05) is 5.32 Å². The van der Waals surface area contributed by atoms with E-state index in [0.717, 1.165) is 0 Å². The van der Waals surface area contributed by atoms with Crippen LogP contribution in [0.2, 0.25) is 10.2 Å². The summed E-state index contributed by atoms with van der Waals surface area (Å²) in [5, 5.41) is 3.00. The quantitative estimate of drug-likeness (QED) is 0.855. The van der Waals surface area contributed by atoms with Crippen molar-refractivity contribution < 1.29 is 9.59 Å². The monoisotopic (exact) mass is 309 g/mol. The molecule has 0 saturated carbocycles. The number of pyridine rings is 1. The second kappa shape index (κ2) is 5.90. The number of carbonyl (C=O) groups is 2. The predicted molar refractivity (Wildman–Crippen MR) is 77.2 cm³/mol. The molecule has 0 unspecified atom stereocenters. The molecule has 0 radical (unpaired) electrons. The summed E-state index contributed by atoms with van der Waals surface area (Å²) in [4.78, 5) is 26.7. The molecule has 0 atom stereocenters. The highest BCUT2D eigenvalue weighted by atomic mass is 35.5. The van der Waals surface area contributed by atoms with Gasteiger partial charge in [-0.15, -0.1) is 0 Å². The molecule has 0 aliphatic rings. The number of primary amides is 1. The molecule has 1 aromatic carbocycles. The van der Waals surface area contributed by atoms with Crippen molar-refractivity contribution in [3.05, 3.63) is 57.8 Å². The molecule has 7 heteroatoms. The van der Waals surface area contributed by atoms with Gasteiger partial charge >= 0.3 is 0 Å². The molecule has 0 aliphatic carbocycles. The molecule has 102 valence electrons. The molecular weight excluding hydrogens is 301 g/mol. The number of nitrogens with one attached hydrogen (secondary N) is 1. The number of anilines is 1. The summed E-state index contributed by atoms with van der Waals surface area (Å²) in [6.45, 7) is 0. The Morgan fingerprint density at radius 1 is 1.15 bits per heavy atom. The van der Waals surface area contributed by atoms with E-state index in [1.54, 1.807) is 12.1 Å². The molecule has 2 rings (SSSR count). The van der Waals surface area contributed by atoms with Gasteiger partial charge in [0.05, 0.1) is 10.6 Å². The van der Waals surface area contributed by atoms with Gasteiger partial charge in [0.2, 0.25) is 5.91 Å². The van der Waals surface area contributed by atoms with Gasteiger partial charge in [0.25, 0.3) is 5.91 Å². The van der Waals surface area contributed by atoms with Gasteiger partial charge < -0.3 is 11.1 Å². The molecule has 0 aliphatic heterocycles. The Hall–Kier alpha value is -2.11. The fraction of sp³-hybridized carbons (Fsp3) is 0. The second-order valence-electron chi connectivity index (χ2n) is 3.88. The van der Waals surface area contributed by atoms with Crippen LogP contribution < -0.4 is 11.1 Å². The van der Waals surface area contributed by atoms with E-state index in [0.29, 0.717) is 11.3 Å². The molecular formula is C13H9Cl2N3O2. The fourth-order valence-corrected chi connectivity index (χ4v) is 1.85. The maximum atomic E-state index is 12.0. The molecule has 2 amide bonds. The number of hydrogen-bond donors (Lipinski definition) is 2. The Bertz CT molecular complexity index is 672. The Labute approximate surface area is 124 Å². The molecule has 1 aromatic heterocycles. The van der Waals surface area contributed by atoms with Crippen LogP contribution in [-0.4, -0.2) is 16.8 Å². The highest BCUT2D eigenvalue weighted by Gasteiger charge is 2.12. The first-order valence-electron chi connectivity index (χ1n) is 5.49. The molecule has 0 bridgehead atoms. The zero-order valence-electron chi connectivity index (χ0n) is 10.1. The van der Waals surface area contributed by atoms with Crippen LogP contribution in [0.4, 0.5) is 5.69 Å². The van der Waals surface area contributed by atoms with Crippen LogP contribution in [0.5, 0.6) is 0 Å². The largest absolute Gasteiger partial charge is 0.366 e. The van der Waals surface area contributed by atoms with E-state index >= 15 is 0 Å². The van der Waals surface area contributed by atoms with Gasteiger partial charge in [0, 0.05) is 17.4 Å². The van der Waals surface area contributed by atoms with Crippen LogP contribution >= 0.6 is 23.2 Å². The Morgan fingerprint density at radius 3 is 2.40 bits per heavy atom. The lowest BCUT2D eigenvalue weighted by Gasteiger charge is -2.07. The van der Waals surface area contributed by atoms with Crippen molar-refractivity contribution in [1.29, 1.82) is 0 Å². The summed E-state index contributed by atoms with van der Waals surface area (Å²) in [5.41, 5.74) is 6.20. The molecule has 2 aromatic rings. The van der Waals surface area contributed by atoms with E-state index in [2.05, 4.69) is 10.3 Å². The van der Waals surface area contributed by atoms with Gasteiger partial charge in [0.1, 0.15) is 5.15 Å². The van der Waals surface area contributed by atoms with Crippen LogP contribution in [0.15, 0.2) is 36.5 Å². The minimum absolute atomic E-state index is 0.170. The van der Waals surface area contributed by atoms with Gasteiger partial charge in [-0.25, -0.2) is 4.98 Å². The van der Waals surface area contributed by atoms with Gasteiger partial charge in [-0.3, -0.25) is 9.59 Å². The van der Waals surface area contributed by atoms with E-state index in [1.807, 2.05) is 0 Å². The van der Waals surface area contributed by atoms with Crippen LogP contribution in [0, 0.1) is 0 Å². The smallest absolute Gasteiger partial charge is 0.257 e. The van der Waals surface area contributed by atoms with Crippen molar-refractivity contribution in [2.45, 2.75) is 0 Å². The van der Waals surface area contributed by atoms with Crippen LogP contribution in [0.1, 0.15) is 20.7 Å². The van der Waals surface area contributed by atoms with Crippen molar-refractivity contribution in [3.8, 4) is 0 Å². The van der Waals surface area contributed by atoms with E-state index in [1.165, 1.54) is 24.4 Å². The first kappa shape index (κ1) is 14.3. The summed E-state index contributed by atoms with van der Waals surface area (Å²) < 4.78 is 0. The van der Waals surface area contributed by atoms with E-state index in [-0.39, 0.29) is 15.7 Å². The number of nitrogens with two attached hydrogens (primary N) is 1. The van der Waals surface area contributed by atoms with Crippen molar-refractivity contribution in [3.63, 3.8) is 0 Å². The van der Waals surface area contributed by atoms with Gasteiger partial charge in [-0.05, 0) is 30.3 Å². The number of carbonyl (C=O) groups excluding carboxylic acids is 2. The Kier molecular flexibility index (Phi) is 4.22. The maximum absolute atomic E-state index is 12.0. The fourth-order valence-electron chi connectivity index (χ4n) is 1.50. The van der Waals surface area contributed by atoms with Gasteiger partial charge in [0.15, 0.2) is 0 Å². The Morgan fingerprint density at radius 2 is 1.80 bits per heavy atom. The molecule has 0 spiro atoms.